The molecule has 0 bridgehead atoms. The maximum absolute atomic E-state index is 8.61. The second-order valence-corrected chi connectivity index (χ2v) is 3.89. The van der Waals surface area contributed by atoms with Crippen molar-refractivity contribution in [3.63, 3.8) is 0 Å². The molecule has 0 aliphatic carbocycles. The molecule has 0 aliphatic rings. The molecular formula is C11H11NS. The Balaban J connectivity index is 2.82. The molecule has 0 radical (unpaired) electrons. The lowest BCUT2D eigenvalue weighted by Gasteiger charge is -2.00. The molecule has 66 valence electrons. The number of rotatable bonds is 3. The third-order valence-electron chi connectivity index (χ3n) is 1.65. The molecule has 0 saturated carbocycles. The van der Waals surface area contributed by atoms with E-state index in [1.165, 1.54) is 4.90 Å². The first-order valence-electron chi connectivity index (χ1n) is 4.10. The Morgan fingerprint density at radius 1 is 1.46 bits per heavy atom. The minimum Gasteiger partial charge on any atom is -0.192 e. The average Bonchev–Trinajstić information content (AvgIpc) is 2.18. The van der Waals surface area contributed by atoms with Crippen molar-refractivity contribution < 1.29 is 0 Å². The Labute approximate surface area is 83.1 Å². The van der Waals surface area contributed by atoms with Crippen LogP contribution in [-0.2, 0) is 0 Å². The van der Waals surface area contributed by atoms with Crippen LogP contribution in [0.1, 0.15) is 12.5 Å². The zero-order valence-corrected chi connectivity index (χ0v) is 8.40. The van der Waals surface area contributed by atoms with Crippen molar-refractivity contribution in [1.82, 2.24) is 0 Å². The highest BCUT2D eigenvalue weighted by Gasteiger charge is 1.96. The minimum absolute atomic E-state index is 0.521. The van der Waals surface area contributed by atoms with Crippen molar-refractivity contribution in [3.05, 3.63) is 36.4 Å². The highest BCUT2D eigenvalue weighted by Crippen LogP contribution is 2.20. The Bertz CT molecular complexity index is 332. The van der Waals surface area contributed by atoms with Crippen molar-refractivity contribution in [3.8, 4) is 6.07 Å². The molecule has 13 heavy (non-hydrogen) atoms. The second kappa shape index (κ2) is 4.74. The monoisotopic (exact) mass is 189 g/mol. The van der Waals surface area contributed by atoms with Crippen LogP contribution in [0.5, 0.6) is 0 Å². The molecule has 0 aliphatic heterocycles. The van der Waals surface area contributed by atoms with Crippen molar-refractivity contribution in [1.29, 1.82) is 5.26 Å². The number of nitrogens with zero attached hydrogens (tertiary/aromatic N) is 1. The molecule has 1 nitrogen and oxygen atoms in total. The van der Waals surface area contributed by atoms with Gasteiger partial charge in [-0.1, -0.05) is 25.6 Å². The molecule has 0 atom stereocenters. The van der Waals surface area contributed by atoms with Crippen molar-refractivity contribution in [2.24, 2.45) is 0 Å². The third-order valence-corrected chi connectivity index (χ3v) is 2.54. The van der Waals surface area contributed by atoms with E-state index in [2.05, 4.69) is 13.5 Å². The summed E-state index contributed by atoms with van der Waals surface area (Å²) in [7, 11) is 0. The van der Waals surface area contributed by atoms with E-state index in [0.717, 1.165) is 11.3 Å². The van der Waals surface area contributed by atoms with Gasteiger partial charge in [0.2, 0.25) is 0 Å². The lowest BCUT2D eigenvalue weighted by Crippen LogP contribution is -1.79. The molecular weight excluding hydrogens is 178 g/mol. The van der Waals surface area contributed by atoms with Gasteiger partial charge < -0.3 is 0 Å². The number of thioether (sulfide) groups is 1. The smallest absolute Gasteiger partial charge is 0.0991 e. The largest absolute Gasteiger partial charge is 0.192 e. The van der Waals surface area contributed by atoms with E-state index in [9.17, 15) is 0 Å². The number of allylic oxidation sites excluding steroid dienone is 1. The second-order valence-electron chi connectivity index (χ2n) is 2.55. The Kier molecular flexibility index (Phi) is 3.60. The van der Waals surface area contributed by atoms with Crippen LogP contribution in [0.15, 0.2) is 35.7 Å². The zero-order valence-electron chi connectivity index (χ0n) is 7.58. The fourth-order valence-electron chi connectivity index (χ4n) is 0.984. The van der Waals surface area contributed by atoms with Gasteiger partial charge in [-0.15, -0.1) is 11.8 Å². The lowest BCUT2D eigenvalue weighted by atomic mass is 10.1. The summed E-state index contributed by atoms with van der Waals surface area (Å²) < 4.78 is 0. The Morgan fingerprint density at radius 2 is 2.08 bits per heavy atom. The highest BCUT2D eigenvalue weighted by atomic mass is 32.2. The molecule has 0 spiro atoms. The molecule has 0 N–H and O–H groups in total. The summed E-state index contributed by atoms with van der Waals surface area (Å²) in [4.78, 5) is 1.23. The summed E-state index contributed by atoms with van der Waals surface area (Å²) in [6.45, 7) is 5.77. The van der Waals surface area contributed by atoms with Crippen LogP contribution in [-0.4, -0.2) is 5.75 Å². The van der Waals surface area contributed by atoms with Crippen molar-refractivity contribution >= 4 is 17.3 Å². The standard InChI is InChI=1S/C11H11NS/c1-3-13-11-6-4-10(5-7-11)9(2)8-12/h4-7H,2-3H2,1H3. The van der Waals surface area contributed by atoms with Crippen LogP contribution in [0, 0.1) is 11.3 Å². The highest BCUT2D eigenvalue weighted by molar-refractivity contribution is 7.99. The molecule has 2 heteroatoms. The van der Waals surface area contributed by atoms with Gasteiger partial charge in [-0.25, -0.2) is 0 Å². The van der Waals surface area contributed by atoms with E-state index in [4.69, 9.17) is 5.26 Å². The fraction of sp³-hybridized carbons (Fsp3) is 0.182. The molecule has 0 saturated heterocycles. The Morgan fingerprint density at radius 3 is 2.54 bits per heavy atom. The summed E-state index contributed by atoms with van der Waals surface area (Å²) in [6, 6.07) is 9.94. The number of hydrogen-bond donors (Lipinski definition) is 0. The van der Waals surface area contributed by atoms with Gasteiger partial charge in [0.25, 0.3) is 0 Å². The quantitative estimate of drug-likeness (QED) is 0.538. The normalized spacial score (nSPS) is 9.23. The van der Waals surface area contributed by atoms with Gasteiger partial charge in [-0.2, -0.15) is 5.26 Å². The van der Waals surface area contributed by atoms with E-state index in [0.29, 0.717) is 5.57 Å². The van der Waals surface area contributed by atoms with E-state index in [1.807, 2.05) is 30.3 Å². The molecule has 0 heterocycles. The van der Waals surface area contributed by atoms with Crippen LogP contribution in [0.2, 0.25) is 0 Å². The summed E-state index contributed by atoms with van der Waals surface area (Å²) in [5, 5.41) is 8.61. The molecule has 1 aromatic rings. The van der Waals surface area contributed by atoms with Crippen molar-refractivity contribution in [2.75, 3.05) is 5.75 Å². The van der Waals surface area contributed by atoms with Gasteiger partial charge >= 0.3 is 0 Å². The summed E-state index contributed by atoms with van der Waals surface area (Å²) in [6.07, 6.45) is 0. The zero-order chi connectivity index (χ0) is 9.68. The predicted molar refractivity (Wildman–Crippen MR) is 57.5 cm³/mol. The maximum Gasteiger partial charge on any atom is 0.0991 e. The third kappa shape index (κ3) is 2.64. The molecule has 1 rings (SSSR count). The van der Waals surface area contributed by atoms with Gasteiger partial charge in [0, 0.05) is 4.90 Å². The first-order valence-corrected chi connectivity index (χ1v) is 5.08. The van der Waals surface area contributed by atoms with E-state index in [1.54, 1.807) is 11.8 Å². The Hall–Kier alpha value is -1.20. The van der Waals surface area contributed by atoms with Crippen LogP contribution in [0.25, 0.3) is 5.57 Å². The van der Waals surface area contributed by atoms with Gasteiger partial charge in [0.1, 0.15) is 0 Å². The van der Waals surface area contributed by atoms with E-state index in [-0.39, 0.29) is 0 Å². The number of hydrogen-bond acceptors (Lipinski definition) is 2. The summed E-state index contributed by atoms with van der Waals surface area (Å²) in [5.41, 5.74) is 1.43. The van der Waals surface area contributed by atoms with Crippen molar-refractivity contribution in [2.45, 2.75) is 11.8 Å². The van der Waals surface area contributed by atoms with Crippen LogP contribution in [0.3, 0.4) is 0 Å². The lowest BCUT2D eigenvalue weighted by molar-refractivity contribution is 1.41. The maximum atomic E-state index is 8.61. The molecule has 0 unspecified atom stereocenters. The topological polar surface area (TPSA) is 23.8 Å². The van der Waals surface area contributed by atoms with Crippen LogP contribution < -0.4 is 0 Å². The van der Waals surface area contributed by atoms with Crippen LogP contribution in [0.4, 0.5) is 0 Å². The molecule has 0 amide bonds. The SMILES string of the molecule is C=C(C#N)c1ccc(SCC)cc1. The average molecular weight is 189 g/mol. The molecule has 1 aromatic carbocycles. The molecule has 0 aromatic heterocycles. The summed E-state index contributed by atoms with van der Waals surface area (Å²) >= 11 is 1.79. The van der Waals surface area contributed by atoms with E-state index >= 15 is 0 Å². The summed E-state index contributed by atoms with van der Waals surface area (Å²) in [5.74, 6) is 1.07. The van der Waals surface area contributed by atoms with Gasteiger partial charge in [0.05, 0.1) is 11.6 Å². The first kappa shape index (κ1) is 9.88. The molecule has 0 fully saturated rings. The fourth-order valence-corrected chi connectivity index (χ4v) is 1.65. The van der Waals surface area contributed by atoms with Gasteiger partial charge in [-0.05, 0) is 23.4 Å². The predicted octanol–water partition coefficient (Wildman–Crippen LogP) is 3.34. The first-order chi connectivity index (χ1) is 6.27. The van der Waals surface area contributed by atoms with Crippen LogP contribution >= 0.6 is 11.8 Å². The number of benzene rings is 1. The van der Waals surface area contributed by atoms with Gasteiger partial charge in [0.15, 0.2) is 0 Å². The number of nitriles is 1. The van der Waals surface area contributed by atoms with Gasteiger partial charge in [-0.3, -0.25) is 0 Å². The minimum atomic E-state index is 0.521. The van der Waals surface area contributed by atoms with E-state index < -0.39 is 0 Å².